The molecule has 65 heavy (non-hydrogen) atoms. The predicted octanol–water partition coefficient (Wildman–Crippen LogP) is 7.43. The van der Waals surface area contributed by atoms with Gasteiger partial charge in [-0.3, -0.25) is 14.4 Å². The van der Waals surface area contributed by atoms with Crippen LogP contribution < -0.4 is 24.8 Å². The zero-order valence-corrected chi connectivity index (χ0v) is 38.4. The Kier molecular flexibility index (Phi) is 12.8. The van der Waals surface area contributed by atoms with Crippen LogP contribution in [0.2, 0.25) is 0 Å². The summed E-state index contributed by atoms with van der Waals surface area (Å²) in [5.74, 6) is -1.83. The summed E-state index contributed by atoms with van der Waals surface area (Å²) in [4.78, 5) is 63.0. The largest absolute Gasteiger partial charge is 0.497 e. The van der Waals surface area contributed by atoms with Crippen molar-refractivity contribution in [2.45, 2.75) is 88.6 Å². The van der Waals surface area contributed by atoms with Crippen LogP contribution in [0.15, 0.2) is 127 Å². The molecule has 3 N–H and O–H groups in total. The number of amides is 4. The number of carbonyl (C=O) groups excluding carboxylic acids is 4. The van der Waals surface area contributed by atoms with Crippen LogP contribution in [0.25, 0.3) is 33.3 Å². The van der Waals surface area contributed by atoms with E-state index < -0.39 is 74.5 Å². The first-order chi connectivity index (χ1) is 30.7. The molecule has 1 aromatic heterocycles. The van der Waals surface area contributed by atoms with E-state index in [0.717, 1.165) is 16.7 Å². The number of likely N-dealkylation sites (tertiary alicyclic amines) is 1. The van der Waals surface area contributed by atoms with Crippen molar-refractivity contribution in [2.24, 2.45) is 11.3 Å². The molecule has 340 valence electrons. The van der Waals surface area contributed by atoms with Crippen molar-refractivity contribution in [1.29, 1.82) is 0 Å². The van der Waals surface area contributed by atoms with Crippen molar-refractivity contribution in [2.75, 3.05) is 13.7 Å². The molecule has 1 unspecified atom stereocenters. The minimum absolute atomic E-state index is 0.0238. The molecule has 4 amide bonds. The van der Waals surface area contributed by atoms with Gasteiger partial charge < -0.3 is 29.7 Å². The van der Waals surface area contributed by atoms with Crippen LogP contribution in [-0.4, -0.2) is 85.1 Å². The Balaban J connectivity index is 1.19. The van der Waals surface area contributed by atoms with Gasteiger partial charge in [-0.25, -0.2) is 22.9 Å². The summed E-state index contributed by atoms with van der Waals surface area (Å²) in [6, 6.07) is 29.9. The minimum Gasteiger partial charge on any atom is -0.497 e. The highest BCUT2D eigenvalue weighted by Gasteiger charge is 2.61. The molecule has 7 rings (SSSR count). The lowest BCUT2D eigenvalue weighted by Gasteiger charge is -2.36. The zero-order valence-electron chi connectivity index (χ0n) is 37.6. The average Bonchev–Trinajstić information content (AvgIpc) is 3.83. The van der Waals surface area contributed by atoms with Gasteiger partial charge in [0.15, 0.2) is 0 Å². The fraction of sp³-hybridized carbons (Fsp3) is 0.340. The van der Waals surface area contributed by atoms with Gasteiger partial charge in [0.2, 0.25) is 11.8 Å². The van der Waals surface area contributed by atoms with Crippen molar-refractivity contribution in [3.05, 3.63) is 122 Å². The van der Waals surface area contributed by atoms with Gasteiger partial charge >= 0.3 is 6.09 Å². The smallest absolute Gasteiger partial charge is 0.408 e. The highest BCUT2D eigenvalue weighted by Crippen LogP contribution is 2.45. The highest BCUT2D eigenvalue weighted by atomic mass is 32.2. The number of hydrogen-bond acceptors (Lipinski definition) is 10. The van der Waals surface area contributed by atoms with Crippen LogP contribution in [-0.2, 0) is 29.1 Å². The summed E-state index contributed by atoms with van der Waals surface area (Å²) < 4.78 is 47.3. The van der Waals surface area contributed by atoms with Gasteiger partial charge in [-0.1, -0.05) is 99.6 Å². The molecule has 4 aromatic carbocycles. The third-order valence-electron chi connectivity index (χ3n) is 11.5. The van der Waals surface area contributed by atoms with E-state index in [1.54, 1.807) is 79.0 Å². The molecule has 1 aliphatic carbocycles. The van der Waals surface area contributed by atoms with Gasteiger partial charge in [0.05, 0.1) is 29.8 Å². The van der Waals surface area contributed by atoms with E-state index in [9.17, 15) is 27.6 Å². The van der Waals surface area contributed by atoms with Crippen molar-refractivity contribution in [1.82, 2.24) is 25.2 Å². The molecule has 15 heteroatoms. The molecule has 1 saturated carbocycles. The lowest BCUT2D eigenvalue weighted by atomic mass is 9.85. The molecule has 5 atom stereocenters. The summed E-state index contributed by atoms with van der Waals surface area (Å²) in [7, 11) is -2.83. The number of pyridine rings is 1. The van der Waals surface area contributed by atoms with E-state index in [-0.39, 0.29) is 24.3 Å². The molecule has 2 heterocycles. The topological polar surface area (TPSA) is 182 Å². The lowest BCUT2D eigenvalue weighted by Crippen LogP contribution is -2.60. The Hall–Kier alpha value is -6.74. The third-order valence-corrected chi connectivity index (χ3v) is 12.9. The van der Waals surface area contributed by atoms with E-state index in [1.807, 2.05) is 66.7 Å². The van der Waals surface area contributed by atoms with Crippen molar-refractivity contribution < 1.29 is 41.8 Å². The number of nitrogens with one attached hydrogen (secondary N) is 3. The quantitative estimate of drug-likeness (QED) is 0.101. The molecule has 2 aliphatic rings. The first-order valence-electron chi connectivity index (χ1n) is 21.4. The van der Waals surface area contributed by atoms with Gasteiger partial charge in [-0.05, 0) is 68.0 Å². The molecule has 0 bridgehead atoms. The van der Waals surface area contributed by atoms with Crippen molar-refractivity contribution in [3.63, 3.8) is 0 Å². The summed E-state index contributed by atoms with van der Waals surface area (Å²) >= 11 is 0. The summed E-state index contributed by atoms with van der Waals surface area (Å²) in [5, 5.41) is 6.23. The maximum absolute atomic E-state index is 14.8. The molecule has 1 aliphatic heterocycles. The van der Waals surface area contributed by atoms with Crippen LogP contribution in [0.1, 0.15) is 54.4 Å². The highest BCUT2D eigenvalue weighted by molar-refractivity contribution is 7.90. The molecular weight excluding hydrogens is 847 g/mol. The predicted molar refractivity (Wildman–Crippen MR) is 247 cm³/mol. The molecule has 1 saturated heterocycles. The summed E-state index contributed by atoms with van der Waals surface area (Å²) in [5.41, 5.74) is 0.313. The van der Waals surface area contributed by atoms with Crippen LogP contribution >= 0.6 is 0 Å². The van der Waals surface area contributed by atoms with E-state index in [2.05, 4.69) is 21.9 Å². The van der Waals surface area contributed by atoms with Gasteiger partial charge in [0.1, 0.15) is 40.8 Å². The summed E-state index contributed by atoms with van der Waals surface area (Å²) in [6.45, 7) is 14.2. The Labute approximate surface area is 379 Å². The molecule has 2 fully saturated rings. The van der Waals surface area contributed by atoms with Crippen LogP contribution in [0.5, 0.6) is 11.5 Å². The van der Waals surface area contributed by atoms with Gasteiger partial charge in [-0.15, -0.1) is 6.58 Å². The van der Waals surface area contributed by atoms with E-state index in [1.165, 1.54) is 23.1 Å². The number of rotatable bonds is 13. The number of ether oxygens (including phenoxy) is 3. The van der Waals surface area contributed by atoms with Gasteiger partial charge in [-0.2, -0.15) is 0 Å². The number of fused-ring (bicyclic) bond motifs is 1. The second kappa shape index (κ2) is 18.0. The normalized spacial score (nSPS) is 20.0. The Morgan fingerprint density at radius 2 is 1.49 bits per heavy atom. The minimum atomic E-state index is -4.39. The summed E-state index contributed by atoms with van der Waals surface area (Å²) in [6.07, 6.45) is -0.0598. The number of nitrogens with zero attached hydrogens (tertiary/aromatic N) is 2. The second-order valence-electron chi connectivity index (χ2n) is 18.5. The first-order valence-corrected chi connectivity index (χ1v) is 22.9. The number of aromatic nitrogens is 1. The number of hydrogen-bond donors (Lipinski definition) is 3. The van der Waals surface area contributed by atoms with E-state index >= 15 is 0 Å². The number of alkyl carbamates (subject to hydrolysis) is 1. The van der Waals surface area contributed by atoms with Gasteiger partial charge in [0, 0.05) is 35.4 Å². The Morgan fingerprint density at radius 1 is 0.862 bits per heavy atom. The molecule has 5 aromatic rings. The molecular formula is C50H55N5O9S. The second-order valence-corrected chi connectivity index (χ2v) is 20.2. The Morgan fingerprint density at radius 3 is 2.08 bits per heavy atom. The fourth-order valence-electron chi connectivity index (χ4n) is 8.02. The number of methoxy groups -OCH3 is 1. The standard InChI is InChI=1S/C50H55N5O9S/c1-9-34-29-50(34,46(58)54-65(60,61)37-23-20-32(21-24-37)31-16-12-10-13-17-31)53-44(56)41-27-36(30-55(41)45(57)43(48(2,3)4)52-47(59)64-49(5,6)7)63-42-28-39(33-18-14-11-15-19-33)51-40-26-35(62-8)22-25-38(40)42/h9-26,28,34,36,41,43H,1,27,29-30H2,2-8H3,(H,52,59)(H,53,56)(H,54,58)/t34?,36-,41+,43-,50-/m1/s1. The number of benzene rings is 4. The SMILES string of the molecule is C=CC1C[C@]1(NC(=O)[C@@H]1C[C@@H](Oc2cc(-c3ccccc3)nc3cc(OC)ccc23)CN1C(=O)[C@@H](NC(=O)OC(C)(C)C)C(C)(C)C)C(=O)NS(=O)(=O)c1ccc(-c2ccccc2)cc1. The fourth-order valence-corrected chi connectivity index (χ4v) is 9.06. The zero-order chi connectivity index (χ0) is 46.9. The van der Waals surface area contributed by atoms with Crippen molar-refractivity contribution >= 4 is 44.7 Å². The Bertz CT molecular complexity index is 2720. The first kappa shape index (κ1) is 46.3. The molecule has 0 spiro atoms. The van der Waals surface area contributed by atoms with Crippen LogP contribution in [0, 0.1) is 11.3 Å². The average molecular weight is 902 g/mol. The monoisotopic (exact) mass is 901 g/mol. The molecule has 14 nitrogen and oxygen atoms in total. The van der Waals surface area contributed by atoms with Crippen LogP contribution in [0.4, 0.5) is 4.79 Å². The number of carbonyl (C=O) groups is 4. The number of sulfonamides is 1. The van der Waals surface area contributed by atoms with Gasteiger partial charge in [0.25, 0.3) is 15.9 Å². The third kappa shape index (κ3) is 10.3. The molecule has 0 radical (unpaired) electrons. The van der Waals surface area contributed by atoms with Crippen LogP contribution in [0.3, 0.4) is 0 Å². The van der Waals surface area contributed by atoms with Crippen molar-refractivity contribution in [3.8, 4) is 33.9 Å². The maximum Gasteiger partial charge on any atom is 0.408 e. The lowest BCUT2D eigenvalue weighted by molar-refractivity contribution is -0.143. The van der Waals surface area contributed by atoms with E-state index in [0.29, 0.717) is 28.1 Å². The van der Waals surface area contributed by atoms with E-state index in [4.69, 9.17) is 19.2 Å². The maximum atomic E-state index is 14.8.